The smallest absolute Gasteiger partial charge is 0.236 e. The van der Waals surface area contributed by atoms with Gasteiger partial charge < -0.3 is 19.6 Å². The molecule has 0 saturated carbocycles. The number of likely N-dealkylation sites (tertiary alicyclic amines) is 1. The number of piperidine rings is 1. The van der Waals surface area contributed by atoms with Crippen molar-refractivity contribution in [3.8, 4) is 0 Å². The summed E-state index contributed by atoms with van der Waals surface area (Å²) in [7, 11) is 0. The molecule has 9 nitrogen and oxygen atoms in total. The Morgan fingerprint density at radius 2 is 1.84 bits per heavy atom. The van der Waals surface area contributed by atoms with Crippen LogP contribution in [0, 0.1) is 11.8 Å². The van der Waals surface area contributed by atoms with E-state index in [9.17, 15) is 4.79 Å². The number of guanidine groups is 1. The average Bonchev–Trinajstić information content (AvgIpc) is 3.22. The van der Waals surface area contributed by atoms with Crippen molar-refractivity contribution in [1.82, 2.24) is 30.2 Å². The molecule has 3 heterocycles. The second-order valence-electron chi connectivity index (χ2n) is 9.69. The highest BCUT2D eigenvalue weighted by atomic mass is 16.5. The van der Waals surface area contributed by atoms with E-state index in [2.05, 4.69) is 64.8 Å². The Hall–Kier alpha value is -2.16. The maximum absolute atomic E-state index is 12.8. The van der Waals surface area contributed by atoms with Gasteiger partial charge in [0.05, 0.1) is 13.1 Å². The molecule has 0 bridgehead atoms. The lowest BCUT2D eigenvalue weighted by Gasteiger charge is -2.39. The van der Waals surface area contributed by atoms with Crippen LogP contribution in [0.25, 0.3) is 0 Å². The molecule has 2 aliphatic rings. The van der Waals surface area contributed by atoms with Gasteiger partial charge in [0.15, 0.2) is 11.8 Å². The van der Waals surface area contributed by atoms with Crippen LogP contribution in [-0.2, 0) is 11.2 Å². The van der Waals surface area contributed by atoms with E-state index in [1.165, 1.54) is 6.42 Å². The Bertz CT molecular complexity index is 745. The number of carbonyl (C=O) groups excluding carboxylic acids is 1. The van der Waals surface area contributed by atoms with Crippen LogP contribution in [-0.4, -0.2) is 95.6 Å². The van der Waals surface area contributed by atoms with Crippen molar-refractivity contribution in [3.05, 3.63) is 11.7 Å². The van der Waals surface area contributed by atoms with Crippen LogP contribution in [0.2, 0.25) is 0 Å². The van der Waals surface area contributed by atoms with Crippen LogP contribution < -0.4 is 5.32 Å². The van der Waals surface area contributed by atoms with E-state index in [1.807, 2.05) is 0 Å². The molecule has 0 spiro atoms. The summed E-state index contributed by atoms with van der Waals surface area (Å²) in [5.41, 5.74) is 0. The molecule has 0 aliphatic carbocycles. The summed E-state index contributed by atoms with van der Waals surface area (Å²) in [4.78, 5) is 28.6. The number of carbonyl (C=O) groups is 1. The Morgan fingerprint density at radius 3 is 2.44 bits per heavy atom. The van der Waals surface area contributed by atoms with Crippen molar-refractivity contribution in [2.24, 2.45) is 16.8 Å². The minimum absolute atomic E-state index is 0.262. The first-order chi connectivity index (χ1) is 15.4. The summed E-state index contributed by atoms with van der Waals surface area (Å²) < 4.78 is 5.32. The lowest BCUT2D eigenvalue weighted by molar-refractivity contribution is -0.135. The Morgan fingerprint density at radius 1 is 1.16 bits per heavy atom. The van der Waals surface area contributed by atoms with Gasteiger partial charge in [-0.2, -0.15) is 4.98 Å². The van der Waals surface area contributed by atoms with E-state index in [1.54, 1.807) is 0 Å². The number of hydrogen-bond donors (Lipinski definition) is 1. The van der Waals surface area contributed by atoms with Crippen molar-refractivity contribution >= 4 is 11.9 Å². The maximum Gasteiger partial charge on any atom is 0.236 e. The number of hydrogen-bond acceptors (Lipinski definition) is 6. The summed E-state index contributed by atoms with van der Waals surface area (Å²) in [5, 5.41) is 7.41. The predicted molar refractivity (Wildman–Crippen MR) is 126 cm³/mol. The number of amides is 1. The van der Waals surface area contributed by atoms with E-state index >= 15 is 0 Å². The number of aliphatic imine (C=N–C) groups is 1. The second kappa shape index (κ2) is 11.6. The van der Waals surface area contributed by atoms with Gasteiger partial charge in [-0.25, -0.2) is 0 Å². The molecule has 2 fully saturated rings. The van der Waals surface area contributed by atoms with Gasteiger partial charge in [0.2, 0.25) is 11.8 Å². The van der Waals surface area contributed by atoms with E-state index in [4.69, 9.17) is 9.52 Å². The van der Waals surface area contributed by atoms with Crippen LogP contribution in [0.15, 0.2) is 9.52 Å². The third-order valence-electron chi connectivity index (χ3n) is 6.17. The molecule has 2 unspecified atom stereocenters. The molecule has 32 heavy (non-hydrogen) atoms. The van der Waals surface area contributed by atoms with E-state index < -0.39 is 0 Å². The summed E-state index contributed by atoms with van der Waals surface area (Å²) in [6.07, 6.45) is 1.86. The second-order valence-corrected chi connectivity index (χ2v) is 9.69. The fraction of sp³-hybridized carbons (Fsp3) is 0.826. The van der Waals surface area contributed by atoms with Crippen LogP contribution in [0.5, 0.6) is 0 Å². The van der Waals surface area contributed by atoms with Gasteiger partial charge in [-0.15, -0.1) is 0 Å². The van der Waals surface area contributed by atoms with Crippen LogP contribution in [0.1, 0.15) is 58.7 Å². The normalized spacial score (nSPS) is 23.1. The predicted octanol–water partition coefficient (Wildman–Crippen LogP) is 1.82. The minimum atomic E-state index is 0.262. The van der Waals surface area contributed by atoms with Crippen molar-refractivity contribution in [2.45, 2.75) is 53.4 Å². The SMILES string of the molecule is CCNC(=NCCc1nc(C(C)C)no1)N1CCN(CC(=O)N2CC(C)CC(C)C2)CC1. The quantitative estimate of drug-likeness (QED) is 0.504. The molecule has 9 heteroatoms. The highest BCUT2D eigenvalue weighted by molar-refractivity contribution is 5.80. The highest BCUT2D eigenvalue weighted by Crippen LogP contribution is 2.21. The van der Waals surface area contributed by atoms with Gasteiger partial charge in [0.1, 0.15) is 0 Å². The maximum atomic E-state index is 12.8. The Balaban J connectivity index is 1.46. The Labute approximate surface area is 192 Å². The third kappa shape index (κ3) is 6.92. The van der Waals surface area contributed by atoms with Crippen molar-refractivity contribution < 1.29 is 9.32 Å². The van der Waals surface area contributed by atoms with Crippen molar-refractivity contribution in [1.29, 1.82) is 0 Å². The molecule has 1 aromatic rings. The van der Waals surface area contributed by atoms with Crippen molar-refractivity contribution in [2.75, 3.05) is 58.9 Å². The first-order valence-electron chi connectivity index (χ1n) is 12.2. The van der Waals surface area contributed by atoms with Crippen LogP contribution in [0.3, 0.4) is 0 Å². The highest BCUT2D eigenvalue weighted by Gasteiger charge is 2.28. The summed E-state index contributed by atoms with van der Waals surface area (Å²) in [5.74, 6) is 4.04. The number of aromatic nitrogens is 2. The molecule has 0 radical (unpaired) electrons. The monoisotopic (exact) mass is 447 g/mol. The molecule has 180 valence electrons. The standard InChI is InChI=1S/C23H41N7O2/c1-6-24-23(25-8-7-20-26-22(17(2)3)27-32-20)29-11-9-28(10-12-29)16-21(31)30-14-18(4)13-19(5)15-30/h17-19H,6-16H2,1-5H3,(H,24,25). The molecule has 0 aromatic carbocycles. The molecule has 1 aromatic heterocycles. The summed E-state index contributed by atoms with van der Waals surface area (Å²) in [6.45, 7) is 17.9. The zero-order valence-corrected chi connectivity index (χ0v) is 20.5. The number of rotatable bonds is 7. The summed E-state index contributed by atoms with van der Waals surface area (Å²) in [6, 6.07) is 0. The minimum Gasteiger partial charge on any atom is -0.357 e. The molecular formula is C23H41N7O2. The van der Waals surface area contributed by atoms with Gasteiger partial charge in [0, 0.05) is 58.2 Å². The molecule has 3 rings (SSSR count). The van der Waals surface area contributed by atoms with Gasteiger partial charge in [-0.3, -0.25) is 14.7 Å². The fourth-order valence-electron chi connectivity index (χ4n) is 4.56. The molecule has 2 atom stereocenters. The average molecular weight is 448 g/mol. The van der Waals surface area contributed by atoms with Gasteiger partial charge >= 0.3 is 0 Å². The molecule has 2 saturated heterocycles. The van der Waals surface area contributed by atoms with Gasteiger partial charge in [-0.1, -0.05) is 32.9 Å². The molecular weight excluding hydrogens is 406 g/mol. The lowest BCUT2D eigenvalue weighted by Crippen LogP contribution is -2.55. The number of piperazine rings is 1. The first-order valence-corrected chi connectivity index (χ1v) is 12.2. The van der Waals surface area contributed by atoms with E-state index in [0.29, 0.717) is 37.2 Å². The lowest BCUT2D eigenvalue weighted by atomic mass is 9.92. The number of nitrogens with one attached hydrogen (secondary N) is 1. The number of nitrogens with zero attached hydrogens (tertiary/aromatic N) is 6. The molecule has 2 aliphatic heterocycles. The van der Waals surface area contributed by atoms with E-state index in [-0.39, 0.29) is 11.8 Å². The van der Waals surface area contributed by atoms with E-state index in [0.717, 1.165) is 57.6 Å². The topological polar surface area (TPSA) is 90.1 Å². The summed E-state index contributed by atoms with van der Waals surface area (Å²) >= 11 is 0. The van der Waals surface area contributed by atoms with Crippen LogP contribution in [0.4, 0.5) is 0 Å². The van der Waals surface area contributed by atoms with Gasteiger partial charge in [-0.05, 0) is 25.2 Å². The largest absolute Gasteiger partial charge is 0.357 e. The van der Waals surface area contributed by atoms with Gasteiger partial charge in [0.25, 0.3) is 0 Å². The zero-order valence-electron chi connectivity index (χ0n) is 20.5. The van der Waals surface area contributed by atoms with Crippen LogP contribution >= 0.6 is 0 Å². The fourth-order valence-corrected chi connectivity index (χ4v) is 4.56. The zero-order chi connectivity index (χ0) is 23.1. The van der Waals surface area contributed by atoms with Crippen molar-refractivity contribution in [3.63, 3.8) is 0 Å². The molecule has 1 amide bonds. The first kappa shape index (κ1) is 24.5. The Kier molecular flexibility index (Phi) is 8.90. The molecule has 1 N–H and O–H groups in total. The third-order valence-corrected chi connectivity index (χ3v) is 6.17.